The van der Waals surface area contributed by atoms with Gasteiger partial charge in [-0.25, -0.2) is 4.39 Å². The summed E-state index contributed by atoms with van der Waals surface area (Å²) in [6.07, 6.45) is -1.64. The number of nitrogen functional groups attached to an aromatic ring is 1. The molecule has 0 amide bonds. The van der Waals surface area contributed by atoms with E-state index in [0.29, 0.717) is 0 Å². The van der Waals surface area contributed by atoms with Gasteiger partial charge in [-0.1, -0.05) is 6.92 Å². The summed E-state index contributed by atoms with van der Waals surface area (Å²) in [6, 6.07) is 0. The van der Waals surface area contributed by atoms with Crippen LogP contribution in [0.15, 0.2) is 6.20 Å². The number of ether oxygens (including phenoxy) is 2. The van der Waals surface area contributed by atoms with Gasteiger partial charge < -0.3 is 20.3 Å². The van der Waals surface area contributed by atoms with Crippen LogP contribution in [-0.2, 0) is 14.3 Å². The van der Waals surface area contributed by atoms with Gasteiger partial charge in [-0.05, 0) is 35.1 Å². The van der Waals surface area contributed by atoms with E-state index in [-0.39, 0.29) is 17.0 Å². The molecule has 1 aromatic heterocycles. The molecule has 22 heavy (non-hydrogen) atoms. The van der Waals surface area contributed by atoms with Crippen molar-refractivity contribution in [2.45, 2.75) is 43.2 Å². The van der Waals surface area contributed by atoms with Gasteiger partial charge in [0.15, 0.2) is 24.0 Å². The van der Waals surface area contributed by atoms with Gasteiger partial charge in [0.25, 0.3) is 0 Å². The standard InChI is InChI=1S/C12H15BrFN3O4S/c1-3-7(18)21-8-5(2)20-10(12(8,13)19)17-4-6(14)9(15)16-11(17)22/h4-5,8,10,19H,3H2,1-2H3,(H2,15,16,22)/t5-,8-,10-,12-/m1/s1. The predicted octanol–water partition coefficient (Wildman–Crippen LogP) is 1.66. The minimum absolute atomic E-state index is 0.0727. The summed E-state index contributed by atoms with van der Waals surface area (Å²) in [7, 11) is 0. The molecule has 1 saturated heterocycles. The fraction of sp³-hybridized carbons (Fsp3) is 0.583. The molecule has 0 aliphatic carbocycles. The van der Waals surface area contributed by atoms with Crippen LogP contribution in [0.5, 0.6) is 0 Å². The molecule has 0 saturated carbocycles. The molecule has 2 rings (SSSR count). The SMILES string of the molecule is CCC(=O)O[C@@H]1[C@@H](C)O[C@@H](n2cc(F)c(N)nc2=S)[C@@]1(O)Br. The zero-order chi connectivity index (χ0) is 16.7. The number of rotatable bonds is 3. The molecule has 0 radical (unpaired) electrons. The first-order valence-electron chi connectivity index (χ1n) is 6.48. The van der Waals surface area contributed by atoms with E-state index >= 15 is 0 Å². The first kappa shape index (κ1) is 17.3. The number of alkyl halides is 1. The molecule has 0 aromatic carbocycles. The zero-order valence-electron chi connectivity index (χ0n) is 11.8. The minimum Gasteiger partial charge on any atom is -0.455 e. The van der Waals surface area contributed by atoms with Crippen molar-refractivity contribution in [1.82, 2.24) is 9.55 Å². The number of aromatic nitrogens is 2. The Morgan fingerprint density at radius 2 is 2.41 bits per heavy atom. The Bertz CT molecular complexity index is 654. The van der Waals surface area contributed by atoms with Crippen LogP contribution in [0.1, 0.15) is 26.5 Å². The van der Waals surface area contributed by atoms with Crippen LogP contribution in [0.25, 0.3) is 0 Å². The highest BCUT2D eigenvalue weighted by molar-refractivity contribution is 9.10. The van der Waals surface area contributed by atoms with Gasteiger partial charge in [-0.15, -0.1) is 0 Å². The van der Waals surface area contributed by atoms with Crippen molar-refractivity contribution in [3.8, 4) is 0 Å². The number of carbonyl (C=O) groups is 1. The highest BCUT2D eigenvalue weighted by Crippen LogP contribution is 2.44. The highest BCUT2D eigenvalue weighted by Gasteiger charge is 2.56. The first-order chi connectivity index (χ1) is 10.2. The second-order valence-corrected chi connectivity index (χ2v) is 6.48. The Kier molecular flexibility index (Phi) is 4.85. The van der Waals surface area contributed by atoms with E-state index in [9.17, 15) is 14.3 Å². The lowest BCUT2D eigenvalue weighted by Gasteiger charge is -2.28. The largest absolute Gasteiger partial charge is 0.455 e. The van der Waals surface area contributed by atoms with Crippen LogP contribution in [0.4, 0.5) is 10.2 Å². The first-order valence-corrected chi connectivity index (χ1v) is 7.69. The predicted molar refractivity (Wildman–Crippen MR) is 81.1 cm³/mol. The molecule has 3 N–H and O–H groups in total. The molecule has 1 aromatic rings. The summed E-state index contributed by atoms with van der Waals surface area (Å²) >= 11 is 8.10. The molecule has 0 unspecified atom stereocenters. The van der Waals surface area contributed by atoms with Crippen molar-refractivity contribution in [3.63, 3.8) is 0 Å². The number of nitrogens with zero attached hydrogens (tertiary/aromatic N) is 2. The molecule has 4 atom stereocenters. The maximum atomic E-state index is 13.6. The Hall–Kier alpha value is -1.10. The number of hydrogen-bond acceptors (Lipinski definition) is 7. The molecule has 2 heterocycles. The number of halogens is 2. The molecule has 122 valence electrons. The quantitative estimate of drug-likeness (QED) is 0.455. The second kappa shape index (κ2) is 6.19. The fourth-order valence-corrected chi connectivity index (χ4v) is 3.17. The van der Waals surface area contributed by atoms with Gasteiger partial charge in [0.2, 0.25) is 9.28 Å². The lowest BCUT2D eigenvalue weighted by atomic mass is 10.1. The summed E-state index contributed by atoms with van der Waals surface area (Å²) in [5.41, 5.74) is 5.34. The van der Waals surface area contributed by atoms with Crippen LogP contribution in [0, 0.1) is 10.6 Å². The number of anilines is 1. The third-order valence-electron chi connectivity index (χ3n) is 3.25. The minimum atomic E-state index is -1.79. The van der Waals surface area contributed by atoms with E-state index in [4.69, 9.17) is 27.4 Å². The maximum Gasteiger partial charge on any atom is 0.306 e. The molecule has 0 bridgehead atoms. The molecule has 1 aliphatic heterocycles. The van der Waals surface area contributed by atoms with Crippen molar-refractivity contribution in [1.29, 1.82) is 0 Å². The number of nitrogens with two attached hydrogens (primary N) is 1. The number of esters is 1. The van der Waals surface area contributed by atoms with Crippen molar-refractivity contribution in [2.75, 3.05) is 5.73 Å². The van der Waals surface area contributed by atoms with Crippen LogP contribution >= 0.6 is 28.1 Å². The lowest BCUT2D eigenvalue weighted by Crippen LogP contribution is -2.43. The molecule has 1 fully saturated rings. The Balaban J connectivity index is 2.40. The fourth-order valence-electron chi connectivity index (χ4n) is 2.13. The lowest BCUT2D eigenvalue weighted by molar-refractivity contribution is -0.156. The number of aliphatic hydroxyl groups is 1. The van der Waals surface area contributed by atoms with E-state index in [1.54, 1.807) is 13.8 Å². The van der Waals surface area contributed by atoms with Crippen LogP contribution < -0.4 is 5.73 Å². The van der Waals surface area contributed by atoms with Crippen molar-refractivity contribution in [2.24, 2.45) is 0 Å². The van der Waals surface area contributed by atoms with E-state index < -0.39 is 34.7 Å². The summed E-state index contributed by atoms with van der Waals surface area (Å²) < 4.78 is 23.6. The van der Waals surface area contributed by atoms with Crippen LogP contribution in [0.3, 0.4) is 0 Å². The molecule has 0 spiro atoms. The Morgan fingerprint density at radius 3 is 3.00 bits per heavy atom. The molecule has 10 heteroatoms. The van der Waals surface area contributed by atoms with Gasteiger partial charge in [-0.3, -0.25) is 9.36 Å². The molecule has 7 nitrogen and oxygen atoms in total. The third-order valence-corrected chi connectivity index (χ3v) is 4.39. The van der Waals surface area contributed by atoms with Crippen molar-refractivity contribution >= 4 is 39.9 Å². The number of carbonyl (C=O) groups excluding carboxylic acids is 1. The Labute approximate surface area is 139 Å². The topological polar surface area (TPSA) is 99.6 Å². The molecular weight excluding hydrogens is 381 g/mol. The van der Waals surface area contributed by atoms with Gasteiger partial charge in [0, 0.05) is 12.6 Å². The summed E-state index contributed by atoms with van der Waals surface area (Å²) in [4.78, 5) is 15.2. The van der Waals surface area contributed by atoms with E-state index in [1.807, 2.05) is 0 Å². The normalized spacial score (nSPS) is 31.2. The monoisotopic (exact) mass is 395 g/mol. The van der Waals surface area contributed by atoms with E-state index in [0.717, 1.165) is 10.8 Å². The Morgan fingerprint density at radius 1 is 1.77 bits per heavy atom. The van der Waals surface area contributed by atoms with Crippen LogP contribution in [-0.4, -0.2) is 37.3 Å². The number of hydrogen-bond donors (Lipinski definition) is 2. The summed E-state index contributed by atoms with van der Waals surface area (Å²) in [6.45, 7) is 3.24. The van der Waals surface area contributed by atoms with Gasteiger partial charge in [-0.2, -0.15) is 4.98 Å². The molecule has 1 aliphatic rings. The van der Waals surface area contributed by atoms with Gasteiger partial charge >= 0.3 is 5.97 Å². The summed E-state index contributed by atoms with van der Waals surface area (Å²) in [5.74, 6) is -1.65. The van der Waals surface area contributed by atoms with Gasteiger partial charge in [0.1, 0.15) is 0 Å². The molecular formula is C12H15BrFN3O4S. The van der Waals surface area contributed by atoms with Crippen LogP contribution in [0.2, 0.25) is 0 Å². The highest BCUT2D eigenvalue weighted by atomic mass is 79.9. The van der Waals surface area contributed by atoms with Crippen molar-refractivity contribution < 1.29 is 23.8 Å². The average Bonchev–Trinajstić information content (AvgIpc) is 2.66. The second-order valence-electron chi connectivity index (χ2n) is 4.85. The van der Waals surface area contributed by atoms with Gasteiger partial charge in [0.05, 0.1) is 6.10 Å². The van der Waals surface area contributed by atoms with Crippen molar-refractivity contribution in [3.05, 3.63) is 16.8 Å². The van der Waals surface area contributed by atoms with E-state index in [2.05, 4.69) is 20.9 Å². The smallest absolute Gasteiger partial charge is 0.306 e. The summed E-state index contributed by atoms with van der Waals surface area (Å²) in [5, 5.41) is 10.6. The maximum absolute atomic E-state index is 13.6. The van der Waals surface area contributed by atoms with E-state index in [1.165, 1.54) is 0 Å². The average molecular weight is 396 g/mol. The zero-order valence-corrected chi connectivity index (χ0v) is 14.2. The third kappa shape index (κ3) is 3.00.